The van der Waals surface area contributed by atoms with E-state index < -0.39 is 17.5 Å². The molecule has 0 spiro atoms. The van der Waals surface area contributed by atoms with Gasteiger partial charge in [0, 0.05) is 9.92 Å². The Hall–Kier alpha value is -2.32. The molecule has 0 fully saturated rings. The first-order chi connectivity index (χ1) is 11.8. The first kappa shape index (κ1) is 17.5. The van der Waals surface area contributed by atoms with E-state index >= 15 is 0 Å². The summed E-state index contributed by atoms with van der Waals surface area (Å²) in [6.45, 7) is 0. The summed E-state index contributed by atoms with van der Waals surface area (Å²) in [7, 11) is 0. The molecule has 0 aliphatic rings. The second kappa shape index (κ2) is 6.53. The number of para-hydroxylation sites is 2. The van der Waals surface area contributed by atoms with Crippen LogP contribution in [-0.4, -0.2) is 21.6 Å². The van der Waals surface area contributed by atoms with E-state index in [-0.39, 0.29) is 16.1 Å². The Morgan fingerprint density at radius 1 is 1.12 bits per heavy atom. The summed E-state index contributed by atoms with van der Waals surface area (Å²) >= 11 is 6.94. The van der Waals surface area contributed by atoms with E-state index in [4.69, 9.17) is 22.4 Å². The van der Waals surface area contributed by atoms with Gasteiger partial charge in [0.05, 0.1) is 11.0 Å². The lowest BCUT2D eigenvalue weighted by atomic mass is 10.3. The molecule has 0 radical (unpaired) electrons. The average Bonchev–Trinajstić information content (AvgIpc) is 2.54. The topological polar surface area (TPSA) is 65.5 Å². The molecule has 4 nitrogen and oxygen atoms in total. The largest absolute Gasteiger partial charge is 0.449 e. The second-order valence-corrected chi connectivity index (χ2v) is 6.49. The molecule has 1 heterocycles. The smallest absolute Gasteiger partial charge is 0.282 e. The fourth-order valence-corrected chi connectivity index (χ4v) is 3.34. The summed E-state index contributed by atoms with van der Waals surface area (Å²) in [4.78, 5) is 4.91. The molecule has 128 valence electrons. The third-order valence-electron chi connectivity index (χ3n) is 3.27. The molecule has 0 aliphatic carbocycles. The molecular weight excluding hydrogens is 373 g/mol. The highest BCUT2D eigenvalue weighted by atomic mass is 35.5. The van der Waals surface area contributed by atoms with Crippen molar-refractivity contribution in [3.05, 3.63) is 59.0 Å². The standard InChI is InChI=1S/C16H10ClF3N4S/c17-9-4-3-5-10(8-9)25-14-13(21)24(15(22)16(18,19)20)12-7-2-1-6-11(12)23-14/h1-8,21-22H. The number of nitrogens with zero attached hydrogens (tertiary/aromatic N) is 2. The van der Waals surface area contributed by atoms with Crippen LogP contribution in [0.2, 0.25) is 5.02 Å². The van der Waals surface area contributed by atoms with E-state index in [2.05, 4.69) is 4.98 Å². The highest BCUT2D eigenvalue weighted by Gasteiger charge is 2.37. The van der Waals surface area contributed by atoms with Gasteiger partial charge in [-0.15, -0.1) is 0 Å². The first-order valence-electron chi connectivity index (χ1n) is 6.93. The van der Waals surface area contributed by atoms with Gasteiger partial charge >= 0.3 is 6.18 Å². The van der Waals surface area contributed by atoms with Crippen molar-refractivity contribution in [3.63, 3.8) is 0 Å². The van der Waals surface area contributed by atoms with Gasteiger partial charge in [-0.2, -0.15) is 13.2 Å². The van der Waals surface area contributed by atoms with Crippen molar-refractivity contribution < 1.29 is 13.2 Å². The SMILES string of the molecule is N=C(n1c(=N)c(Sc2cccc(Cl)c2)nc2ccccc21)C(F)(F)F. The summed E-state index contributed by atoms with van der Waals surface area (Å²) in [6, 6.07) is 12.8. The van der Waals surface area contributed by atoms with Gasteiger partial charge < -0.3 is 0 Å². The van der Waals surface area contributed by atoms with Crippen LogP contribution in [0.15, 0.2) is 58.5 Å². The zero-order chi connectivity index (χ0) is 18.2. The van der Waals surface area contributed by atoms with Gasteiger partial charge in [-0.1, -0.05) is 41.6 Å². The van der Waals surface area contributed by atoms with Crippen LogP contribution in [0, 0.1) is 10.8 Å². The molecule has 3 aromatic rings. The van der Waals surface area contributed by atoms with Gasteiger partial charge in [0.2, 0.25) is 5.84 Å². The van der Waals surface area contributed by atoms with Crippen LogP contribution in [0.4, 0.5) is 13.2 Å². The van der Waals surface area contributed by atoms with E-state index in [1.165, 1.54) is 18.2 Å². The van der Waals surface area contributed by atoms with Crippen LogP contribution >= 0.6 is 23.4 Å². The van der Waals surface area contributed by atoms with Crippen molar-refractivity contribution in [2.24, 2.45) is 0 Å². The fourth-order valence-electron chi connectivity index (χ4n) is 2.20. The lowest BCUT2D eigenvalue weighted by Crippen LogP contribution is -2.38. The molecule has 0 saturated carbocycles. The summed E-state index contributed by atoms with van der Waals surface area (Å²) in [6.07, 6.45) is -4.89. The Balaban J connectivity index is 2.22. The Kier molecular flexibility index (Phi) is 4.57. The third-order valence-corrected chi connectivity index (χ3v) is 4.48. The summed E-state index contributed by atoms with van der Waals surface area (Å²) in [5.41, 5.74) is -0.201. The Morgan fingerprint density at radius 2 is 1.84 bits per heavy atom. The predicted molar refractivity (Wildman–Crippen MR) is 90.3 cm³/mol. The molecule has 1 aromatic heterocycles. The Morgan fingerprint density at radius 3 is 2.52 bits per heavy atom. The number of nitrogens with one attached hydrogen (secondary N) is 2. The van der Waals surface area contributed by atoms with Crippen molar-refractivity contribution in [2.75, 3.05) is 0 Å². The lowest BCUT2D eigenvalue weighted by Gasteiger charge is -2.16. The van der Waals surface area contributed by atoms with Gasteiger partial charge in [0.25, 0.3) is 0 Å². The fraction of sp³-hybridized carbons (Fsp3) is 0.0625. The number of aromatic nitrogens is 2. The summed E-state index contributed by atoms with van der Waals surface area (Å²) in [5, 5.41) is 16.1. The molecule has 2 N–H and O–H groups in total. The highest BCUT2D eigenvalue weighted by Crippen LogP contribution is 2.28. The third kappa shape index (κ3) is 3.54. The molecule has 0 bridgehead atoms. The molecule has 0 aliphatic heterocycles. The monoisotopic (exact) mass is 382 g/mol. The maximum atomic E-state index is 13.1. The molecule has 0 amide bonds. The van der Waals surface area contributed by atoms with Crippen LogP contribution in [0.3, 0.4) is 0 Å². The molecule has 9 heteroatoms. The molecule has 0 saturated heterocycles. The highest BCUT2D eigenvalue weighted by molar-refractivity contribution is 7.99. The van der Waals surface area contributed by atoms with E-state index in [1.54, 1.807) is 30.3 Å². The van der Waals surface area contributed by atoms with Gasteiger partial charge in [-0.05, 0) is 30.3 Å². The number of rotatable bonds is 2. The minimum Gasteiger partial charge on any atom is -0.282 e. The Bertz CT molecular complexity index is 1030. The van der Waals surface area contributed by atoms with Crippen LogP contribution in [0.1, 0.15) is 0 Å². The molecule has 0 unspecified atom stereocenters. The lowest BCUT2D eigenvalue weighted by molar-refractivity contribution is -0.0624. The van der Waals surface area contributed by atoms with Gasteiger partial charge in [-0.25, -0.2) is 4.98 Å². The summed E-state index contributed by atoms with van der Waals surface area (Å²) in [5.74, 6) is -1.64. The van der Waals surface area contributed by atoms with Crippen LogP contribution in [0.5, 0.6) is 0 Å². The maximum Gasteiger partial charge on any atom is 0.449 e. The molecule has 0 atom stereocenters. The predicted octanol–water partition coefficient (Wildman–Crippen LogP) is 4.71. The number of benzene rings is 2. The number of hydrogen-bond acceptors (Lipinski definition) is 4. The minimum absolute atomic E-state index is 0.0465. The Labute approximate surface area is 149 Å². The zero-order valence-electron chi connectivity index (χ0n) is 12.4. The number of halogens is 4. The summed E-state index contributed by atoms with van der Waals surface area (Å²) < 4.78 is 39.8. The minimum atomic E-state index is -4.89. The quantitative estimate of drug-likeness (QED) is 0.498. The maximum absolute atomic E-state index is 13.1. The average molecular weight is 383 g/mol. The van der Waals surface area contributed by atoms with E-state index in [0.717, 1.165) is 11.8 Å². The van der Waals surface area contributed by atoms with Crippen molar-refractivity contribution in [1.82, 2.24) is 9.55 Å². The first-order valence-corrected chi connectivity index (χ1v) is 8.13. The zero-order valence-corrected chi connectivity index (χ0v) is 14.0. The van der Waals surface area contributed by atoms with E-state index in [0.29, 0.717) is 14.5 Å². The molecule has 25 heavy (non-hydrogen) atoms. The van der Waals surface area contributed by atoms with Crippen molar-refractivity contribution in [1.29, 1.82) is 10.8 Å². The van der Waals surface area contributed by atoms with Crippen LogP contribution < -0.4 is 5.49 Å². The van der Waals surface area contributed by atoms with E-state index in [1.807, 2.05) is 0 Å². The van der Waals surface area contributed by atoms with Crippen molar-refractivity contribution in [2.45, 2.75) is 16.1 Å². The normalized spacial score (nSPS) is 11.7. The second-order valence-electron chi connectivity index (χ2n) is 5.00. The van der Waals surface area contributed by atoms with Gasteiger partial charge in [0.1, 0.15) is 5.03 Å². The van der Waals surface area contributed by atoms with Crippen molar-refractivity contribution in [3.8, 4) is 0 Å². The molecule has 3 rings (SSSR count). The number of fused-ring (bicyclic) bond motifs is 1. The van der Waals surface area contributed by atoms with Gasteiger partial charge in [0.15, 0.2) is 5.49 Å². The van der Waals surface area contributed by atoms with E-state index in [9.17, 15) is 13.2 Å². The number of alkyl halides is 3. The number of hydrogen-bond donors (Lipinski definition) is 2. The van der Waals surface area contributed by atoms with Crippen LogP contribution in [0.25, 0.3) is 11.0 Å². The molecule has 2 aromatic carbocycles. The van der Waals surface area contributed by atoms with Gasteiger partial charge in [-0.3, -0.25) is 15.4 Å². The molecular formula is C16H10ClF3N4S. The van der Waals surface area contributed by atoms with Crippen molar-refractivity contribution >= 4 is 40.2 Å². The van der Waals surface area contributed by atoms with Crippen LogP contribution in [-0.2, 0) is 0 Å².